The number of fused-ring (bicyclic) bond motifs is 2. The first-order valence-electron chi connectivity index (χ1n) is 6.81. The molecule has 0 spiro atoms. The van der Waals surface area contributed by atoms with Gasteiger partial charge in [-0.25, -0.2) is 4.98 Å². The molecule has 0 saturated carbocycles. The number of nitrogens with zero attached hydrogens (tertiary/aromatic N) is 3. The van der Waals surface area contributed by atoms with E-state index in [4.69, 9.17) is 0 Å². The molecule has 0 unspecified atom stereocenters. The summed E-state index contributed by atoms with van der Waals surface area (Å²) in [5.74, 6) is 5.75. The second kappa shape index (κ2) is 5.34. The van der Waals surface area contributed by atoms with Gasteiger partial charge in [0.15, 0.2) is 0 Å². The van der Waals surface area contributed by atoms with Gasteiger partial charge >= 0.3 is 0 Å². The van der Waals surface area contributed by atoms with Crippen LogP contribution in [0.25, 0.3) is 10.2 Å². The lowest BCUT2D eigenvalue weighted by molar-refractivity contribution is -0.125. The van der Waals surface area contributed by atoms with Crippen LogP contribution in [0.15, 0.2) is 10.2 Å². The highest BCUT2D eigenvalue weighted by molar-refractivity contribution is 7.17. The van der Waals surface area contributed by atoms with Gasteiger partial charge in [-0.15, -0.1) is 11.3 Å². The minimum absolute atomic E-state index is 0.00368. The average Bonchev–Trinajstić information content (AvgIpc) is 2.71. The molecule has 3 heterocycles. The third kappa shape index (κ3) is 2.34. The quantitative estimate of drug-likeness (QED) is 0.687. The molecule has 21 heavy (non-hydrogen) atoms. The summed E-state index contributed by atoms with van der Waals surface area (Å²) in [5, 5.41) is 1.96. The van der Waals surface area contributed by atoms with Crippen molar-refractivity contribution < 1.29 is 4.79 Å². The summed E-state index contributed by atoms with van der Waals surface area (Å²) in [5.41, 5.74) is 1.83. The van der Waals surface area contributed by atoms with Crippen LogP contribution in [0.2, 0.25) is 0 Å². The molecule has 0 aliphatic carbocycles. The third-order valence-corrected chi connectivity index (χ3v) is 4.73. The molecule has 1 aliphatic heterocycles. The van der Waals surface area contributed by atoms with Crippen LogP contribution < -0.4 is 5.56 Å². The van der Waals surface area contributed by atoms with E-state index in [0.717, 1.165) is 16.9 Å². The van der Waals surface area contributed by atoms with Gasteiger partial charge in [-0.3, -0.25) is 14.2 Å². The van der Waals surface area contributed by atoms with Gasteiger partial charge in [0.2, 0.25) is 0 Å². The number of carbonyl (C=O) groups excluding carboxylic acids is 1. The highest BCUT2D eigenvalue weighted by Crippen LogP contribution is 2.21. The van der Waals surface area contributed by atoms with E-state index in [1.807, 2.05) is 12.3 Å². The van der Waals surface area contributed by atoms with Crippen LogP contribution in [-0.4, -0.2) is 33.4 Å². The topological polar surface area (TPSA) is 55.2 Å². The molecule has 0 saturated heterocycles. The summed E-state index contributed by atoms with van der Waals surface area (Å²) in [6.07, 6.45) is 0.581. The zero-order chi connectivity index (χ0) is 15.0. The highest BCUT2D eigenvalue weighted by atomic mass is 32.1. The van der Waals surface area contributed by atoms with Crippen molar-refractivity contribution in [3.8, 4) is 11.8 Å². The second-order valence-corrected chi connectivity index (χ2v) is 5.88. The SMILES string of the molecule is CC#CC(=O)N1CCc2nc3c(C)csc3c(=O)n2CC1. The van der Waals surface area contributed by atoms with Crippen molar-refractivity contribution in [3.63, 3.8) is 0 Å². The maximum Gasteiger partial charge on any atom is 0.298 e. The maximum atomic E-state index is 12.5. The van der Waals surface area contributed by atoms with Gasteiger partial charge in [0.25, 0.3) is 11.5 Å². The van der Waals surface area contributed by atoms with Gasteiger partial charge in [-0.2, -0.15) is 0 Å². The van der Waals surface area contributed by atoms with Crippen LogP contribution in [-0.2, 0) is 17.8 Å². The van der Waals surface area contributed by atoms with Gasteiger partial charge in [0, 0.05) is 26.1 Å². The second-order valence-electron chi connectivity index (χ2n) is 5.00. The van der Waals surface area contributed by atoms with Gasteiger partial charge in [0.1, 0.15) is 10.5 Å². The van der Waals surface area contributed by atoms with E-state index in [1.54, 1.807) is 16.4 Å². The molecule has 108 valence electrons. The lowest BCUT2D eigenvalue weighted by atomic mass is 10.3. The normalized spacial score (nSPS) is 14.3. The Bertz CT molecular complexity index is 838. The lowest BCUT2D eigenvalue weighted by Gasteiger charge is -2.16. The number of hydrogen-bond donors (Lipinski definition) is 0. The monoisotopic (exact) mass is 301 g/mol. The zero-order valence-electron chi connectivity index (χ0n) is 12.0. The van der Waals surface area contributed by atoms with E-state index < -0.39 is 0 Å². The average molecular weight is 301 g/mol. The fraction of sp³-hybridized carbons (Fsp3) is 0.400. The van der Waals surface area contributed by atoms with Crippen LogP contribution in [0.5, 0.6) is 0 Å². The molecule has 1 aliphatic rings. The standard InChI is InChI=1S/C15H15N3O2S/c1-3-4-12(19)17-6-5-11-16-13-10(2)9-21-14(13)15(20)18(11)8-7-17/h9H,5-8H2,1-2H3. The Morgan fingerprint density at radius 2 is 2.19 bits per heavy atom. The Balaban J connectivity index is 2.01. The Kier molecular flexibility index (Phi) is 3.52. The molecule has 3 rings (SSSR count). The van der Waals surface area contributed by atoms with Crippen LogP contribution in [0.3, 0.4) is 0 Å². The molecular weight excluding hydrogens is 286 g/mol. The third-order valence-electron chi connectivity index (χ3n) is 3.65. The Morgan fingerprint density at radius 1 is 1.38 bits per heavy atom. The van der Waals surface area contributed by atoms with Crippen LogP contribution >= 0.6 is 11.3 Å². The summed E-state index contributed by atoms with van der Waals surface area (Å²) in [6.45, 7) is 5.14. The largest absolute Gasteiger partial charge is 0.330 e. The Hall–Kier alpha value is -2.13. The first-order valence-corrected chi connectivity index (χ1v) is 7.69. The molecule has 2 aromatic heterocycles. The molecule has 0 fully saturated rings. The molecule has 0 atom stereocenters. The fourth-order valence-corrected chi connectivity index (χ4v) is 3.47. The van der Waals surface area contributed by atoms with E-state index in [1.165, 1.54) is 11.3 Å². The summed E-state index contributed by atoms with van der Waals surface area (Å²) in [4.78, 5) is 30.7. The molecule has 0 bridgehead atoms. The molecule has 1 amide bonds. The van der Waals surface area contributed by atoms with Crippen molar-refractivity contribution in [3.05, 3.63) is 27.1 Å². The van der Waals surface area contributed by atoms with E-state index in [2.05, 4.69) is 16.8 Å². The number of carbonyl (C=O) groups is 1. The number of thiophene rings is 1. The fourth-order valence-electron chi connectivity index (χ4n) is 2.54. The number of aromatic nitrogens is 2. The van der Waals surface area contributed by atoms with Crippen LogP contribution in [0.1, 0.15) is 18.3 Å². The molecule has 5 nitrogen and oxygen atoms in total. The zero-order valence-corrected chi connectivity index (χ0v) is 12.8. The van der Waals surface area contributed by atoms with Crippen LogP contribution in [0.4, 0.5) is 0 Å². The summed E-state index contributed by atoms with van der Waals surface area (Å²) in [7, 11) is 0. The van der Waals surface area contributed by atoms with E-state index in [9.17, 15) is 9.59 Å². The van der Waals surface area contributed by atoms with Crippen LogP contribution in [0, 0.1) is 18.8 Å². The summed E-state index contributed by atoms with van der Waals surface area (Å²) >= 11 is 1.44. The predicted octanol–water partition coefficient (Wildman–Crippen LogP) is 1.17. The Morgan fingerprint density at radius 3 is 2.95 bits per heavy atom. The number of amides is 1. The molecular formula is C15H15N3O2S. The van der Waals surface area contributed by atoms with Gasteiger partial charge in [-0.05, 0) is 30.7 Å². The first kappa shape index (κ1) is 13.8. The van der Waals surface area contributed by atoms with E-state index in [-0.39, 0.29) is 11.5 Å². The maximum absolute atomic E-state index is 12.5. The smallest absolute Gasteiger partial charge is 0.298 e. The minimum Gasteiger partial charge on any atom is -0.330 e. The Labute approximate surface area is 126 Å². The van der Waals surface area contributed by atoms with Crippen molar-refractivity contribution in [1.82, 2.24) is 14.5 Å². The summed E-state index contributed by atoms with van der Waals surface area (Å²) in [6, 6.07) is 0. The number of hydrogen-bond acceptors (Lipinski definition) is 4. The van der Waals surface area contributed by atoms with Crippen molar-refractivity contribution in [2.24, 2.45) is 0 Å². The minimum atomic E-state index is -0.184. The van der Waals surface area contributed by atoms with Gasteiger partial charge < -0.3 is 4.90 Å². The molecule has 0 aromatic carbocycles. The molecule has 2 aromatic rings. The number of rotatable bonds is 0. The van der Waals surface area contributed by atoms with E-state index in [0.29, 0.717) is 30.8 Å². The van der Waals surface area contributed by atoms with Gasteiger partial charge in [-0.1, -0.05) is 5.92 Å². The summed E-state index contributed by atoms with van der Waals surface area (Å²) < 4.78 is 2.40. The van der Waals surface area contributed by atoms with Crippen molar-refractivity contribution in [2.45, 2.75) is 26.8 Å². The lowest BCUT2D eigenvalue weighted by Crippen LogP contribution is -2.33. The molecule has 0 radical (unpaired) electrons. The molecule has 6 heteroatoms. The highest BCUT2D eigenvalue weighted by Gasteiger charge is 2.20. The number of aryl methyl sites for hydroxylation is 1. The first-order chi connectivity index (χ1) is 10.1. The van der Waals surface area contributed by atoms with Crippen molar-refractivity contribution in [2.75, 3.05) is 13.1 Å². The molecule has 0 N–H and O–H groups in total. The van der Waals surface area contributed by atoms with E-state index >= 15 is 0 Å². The predicted molar refractivity (Wildman–Crippen MR) is 82.4 cm³/mol. The van der Waals surface area contributed by atoms with Gasteiger partial charge in [0.05, 0.1) is 5.52 Å². The van der Waals surface area contributed by atoms with Crippen molar-refractivity contribution in [1.29, 1.82) is 0 Å². The van der Waals surface area contributed by atoms with Crippen molar-refractivity contribution >= 4 is 27.5 Å².